The van der Waals surface area contributed by atoms with Gasteiger partial charge in [0.2, 0.25) is 0 Å². The number of ether oxygens (including phenoxy) is 4. The molecule has 0 spiro atoms. The standard InChI is InChI=1S/C22H24N2O4.2ClH/c1-25-17-7-8-21-22(13-17)28-19(15-27-21)14-23-9-3-11-26-18-6-5-16-4-2-10-24-20(16)12-18;;/h2,4-8,10,12-13,19,23H,3,9,11,14-15H2,1H3;2*1H. The largest absolute Gasteiger partial charge is 0.497 e. The van der Waals surface area contributed by atoms with E-state index in [9.17, 15) is 0 Å². The predicted molar refractivity (Wildman–Crippen MR) is 122 cm³/mol. The molecule has 1 atom stereocenters. The van der Waals surface area contributed by atoms with Crippen LogP contribution in [0, 0.1) is 0 Å². The van der Waals surface area contributed by atoms with Crippen LogP contribution in [0.5, 0.6) is 23.0 Å². The van der Waals surface area contributed by atoms with E-state index in [-0.39, 0.29) is 30.9 Å². The summed E-state index contributed by atoms with van der Waals surface area (Å²) in [5.74, 6) is 3.10. The van der Waals surface area contributed by atoms with E-state index in [2.05, 4.69) is 10.3 Å². The van der Waals surface area contributed by atoms with Crippen LogP contribution in [0.3, 0.4) is 0 Å². The molecule has 6 nitrogen and oxygen atoms in total. The zero-order chi connectivity index (χ0) is 19.2. The lowest BCUT2D eigenvalue weighted by Gasteiger charge is -2.27. The summed E-state index contributed by atoms with van der Waals surface area (Å²) in [5.41, 5.74) is 0.949. The van der Waals surface area contributed by atoms with Gasteiger partial charge < -0.3 is 24.3 Å². The maximum atomic E-state index is 5.99. The molecule has 0 bridgehead atoms. The average molecular weight is 453 g/mol. The van der Waals surface area contributed by atoms with Gasteiger partial charge in [-0.15, -0.1) is 24.8 Å². The molecule has 1 N–H and O–H groups in total. The average Bonchev–Trinajstić information content (AvgIpc) is 2.75. The quantitative estimate of drug-likeness (QED) is 0.514. The Hall–Kier alpha value is -2.41. The zero-order valence-corrected chi connectivity index (χ0v) is 18.3. The number of hydrogen-bond donors (Lipinski definition) is 1. The van der Waals surface area contributed by atoms with Gasteiger partial charge in [0.25, 0.3) is 0 Å². The minimum atomic E-state index is -0.0212. The molecule has 0 saturated heterocycles. The van der Waals surface area contributed by atoms with Crippen molar-refractivity contribution in [1.82, 2.24) is 10.3 Å². The Balaban J connectivity index is 0.00000160. The van der Waals surface area contributed by atoms with Crippen molar-refractivity contribution in [3.8, 4) is 23.0 Å². The zero-order valence-electron chi connectivity index (χ0n) is 16.7. The number of halogens is 2. The van der Waals surface area contributed by atoms with Crippen molar-refractivity contribution in [3.63, 3.8) is 0 Å². The van der Waals surface area contributed by atoms with Gasteiger partial charge >= 0.3 is 0 Å². The first-order valence-corrected chi connectivity index (χ1v) is 9.47. The summed E-state index contributed by atoms with van der Waals surface area (Å²) in [6, 6.07) is 15.6. The third kappa shape index (κ3) is 6.05. The molecule has 0 saturated carbocycles. The van der Waals surface area contributed by atoms with Gasteiger partial charge in [0, 0.05) is 30.3 Å². The maximum Gasteiger partial charge on any atom is 0.165 e. The van der Waals surface area contributed by atoms with Crippen LogP contribution < -0.4 is 24.3 Å². The molecule has 0 radical (unpaired) electrons. The summed E-state index contributed by atoms with van der Waals surface area (Å²) < 4.78 is 22.8. The SMILES string of the molecule is COc1ccc2c(c1)OC(CNCCCOc1ccc3cccnc3c1)CO2.Cl.Cl. The Bertz CT molecular complexity index is 942. The van der Waals surface area contributed by atoms with Crippen molar-refractivity contribution in [3.05, 3.63) is 54.7 Å². The van der Waals surface area contributed by atoms with Crippen molar-refractivity contribution < 1.29 is 18.9 Å². The molecule has 0 aliphatic carbocycles. The van der Waals surface area contributed by atoms with Crippen molar-refractivity contribution in [2.75, 3.05) is 33.4 Å². The molecule has 8 heteroatoms. The van der Waals surface area contributed by atoms with Gasteiger partial charge in [-0.3, -0.25) is 4.98 Å². The fourth-order valence-electron chi connectivity index (χ4n) is 3.11. The Kier molecular flexibility index (Phi) is 9.30. The molecule has 162 valence electrons. The summed E-state index contributed by atoms with van der Waals surface area (Å²) in [4.78, 5) is 4.35. The maximum absolute atomic E-state index is 5.99. The smallest absolute Gasteiger partial charge is 0.165 e. The van der Waals surface area contributed by atoms with Gasteiger partial charge in [0.15, 0.2) is 11.5 Å². The lowest BCUT2D eigenvalue weighted by molar-refractivity contribution is 0.0898. The molecule has 1 unspecified atom stereocenters. The number of nitrogens with one attached hydrogen (secondary N) is 1. The van der Waals surface area contributed by atoms with E-state index in [1.807, 2.05) is 48.5 Å². The Morgan fingerprint density at radius 1 is 1.07 bits per heavy atom. The van der Waals surface area contributed by atoms with E-state index in [0.29, 0.717) is 13.2 Å². The minimum Gasteiger partial charge on any atom is -0.497 e. The molecule has 2 heterocycles. The van der Waals surface area contributed by atoms with E-state index in [4.69, 9.17) is 18.9 Å². The van der Waals surface area contributed by atoms with Gasteiger partial charge in [0.1, 0.15) is 24.2 Å². The summed E-state index contributed by atoms with van der Waals surface area (Å²) in [7, 11) is 1.64. The van der Waals surface area contributed by atoms with Crippen LogP contribution >= 0.6 is 24.8 Å². The van der Waals surface area contributed by atoms with Crippen LogP contribution in [0.1, 0.15) is 6.42 Å². The van der Waals surface area contributed by atoms with E-state index >= 15 is 0 Å². The molecule has 0 amide bonds. The number of fused-ring (bicyclic) bond motifs is 2. The molecule has 1 aliphatic heterocycles. The molecular weight excluding hydrogens is 427 g/mol. The number of rotatable bonds is 8. The Labute approximate surface area is 188 Å². The van der Waals surface area contributed by atoms with Crippen molar-refractivity contribution in [2.45, 2.75) is 12.5 Å². The molecule has 4 rings (SSSR count). The number of aromatic nitrogens is 1. The number of hydrogen-bond acceptors (Lipinski definition) is 6. The van der Waals surface area contributed by atoms with Gasteiger partial charge in [0.05, 0.1) is 19.2 Å². The highest BCUT2D eigenvalue weighted by Gasteiger charge is 2.21. The van der Waals surface area contributed by atoms with Gasteiger partial charge in [-0.05, 0) is 43.3 Å². The van der Waals surface area contributed by atoms with Crippen LogP contribution in [-0.4, -0.2) is 44.5 Å². The number of nitrogens with zero attached hydrogens (tertiary/aromatic N) is 1. The number of methoxy groups -OCH3 is 1. The summed E-state index contributed by atoms with van der Waals surface area (Å²) >= 11 is 0. The summed E-state index contributed by atoms with van der Waals surface area (Å²) in [6.45, 7) is 2.74. The first kappa shape index (κ1) is 23.9. The van der Waals surface area contributed by atoms with E-state index in [1.54, 1.807) is 13.3 Å². The van der Waals surface area contributed by atoms with Crippen LogP contribution in [-0.2, 0) is 0 Å². The molecule has 0 fully saturated rings. The second kappa shape index (κ2) is 11.7. The topological polar surface area (TPSA) is 61.8 Å². The lowest BCUT2D eigenvalue weighted by atomic mass is 10.2. The third-order valence-electron chi connectivity index (χ3n) is 4.59. The summed E-state index contributed by atoms with van der Waals surface area (Å²) in [5, 5.41) is 4.52. The fraction of sp³-hybridized carbons (Fsp3) is 0.318. The van der Waals surface area contributed by atoms with Crippen LogP contribution in [0.15, 0.2) is 54.7 Å². The molecule has 2 aromatic carbocycles. The number of pyridine rings is 1. The first-order valence-electron chi connectivity index (χ1n) is 9.47. The molecule has 1 aliphatic rings. The van der Waals surface area contributed by atoms with Crippen LogP contribution in [0.2, 0.25) is 0 Å². The molecule has 3 aromatic rings. The van der Waals surface area contributed by atoms with Gasteiger partial charge in [-0.2, -0.15) is 0 Å². The molecular formula is C22H26Cl2N2O4. The Morgan fingerprint density at radius 2 is 1.93 bits per heavy atom. The second-order valence-electron chi connectivity index (χ2n) is 6.63. The predicted octanol–water partition coefficient (Wildman–Crippen LogP) is 4.29. The molecule has 1 aromatic heterocycles. The van der Waals surface area contributed by atoms with Crippen molar-refractivity contribution in [1.29, 1.82) is 0 Å². The molecule has 30 heavy (non-hydrogen) atoms. The second-order valence-corrected chi connectivity index (χ2v) is 6.63. The fourth-order valence-corrected chi connectivity index (χ4v) is 3.11. The van der Waals surface area contributed by atoms with E-state index in [1.165, 1.54) is 0 Å². The highest BCUT2D eigenvalue weighted by Crippen LogP contribution is 2.34. The summed E-state index contributed by atoms with van der Waals surface area (Å²) in [6.07, 6.45) is 2.67. The monoisotopic (exact) mass is 452 g/mol. The van der Waals surface area contributed by atoms with E-state index < -0.39 is 0 Å². The van der Waals surface area contributed by atoms with Crippen molar-refractivity contribution in [2.24, 2.45) is 0 Å². The first-order chi connectivity index (χ1) is 13.8. The van der Waals surface area contributed by atoms with Crippen LogP contribution in [0.25, 0.3) is 10.9 Å². The van der Waals surface area contributed by atoms with Gasteiger partial charge in [-0.1, -0.05) is 6.07 Å². The lowest BCUT2D eigenvalue weighted by Crippen LogP contribution is -2.39. The van der Waals surface area contributed by atoms with Crippen molar-refractivity contribution >= 4 is 35.7 Å². The highest BCUT2D eigenvalue weighted by atomic mass is 35.5. The minimum absolute atomic E-state index is 0. The highest BCUT2D eigenvalue weighted by molar-refractivity contribution is 5.85. The van der Waals surface area contributed by atoms with E-state index in [0.717, 1.165) is 53.4 Å². The Morgan fingerprint density at radius 3 is 2.80 bits per heavy atom. The van der Waals surface area contributed by atoms with Gasteiger partial charge in [-0.25, -0.2) is 0 Å². The normalized spacial score (nSPS) is 14.4. The third-order valence-corrected chi connectivity index (χ3v) is 4.59. The number of benzene rings is 2. The van der Waals surface area contributed by atoms with Crippen LogP contribution in [0.4, 0.5) is 0 Å².